The molecule has 0 aromatic carbocycles. The molecule has 3 atom stereocenters. The van der Waals surface area contributed by atoms with Crippen molar-refractivity contribution in [1.29, 1.82) is 0 Å². The van der Waals surface area contributed by atoms with Gasteiger partial charge in [0.15, 0.2) is 0 Å². The van der Waals surface area contributed by atoms with Gasteiger partial charge in [-0.3, -0.25) is 4.79 Å². The van der Waals surface area contributed by atoms with E-state index in [1.54, 1.807) is 11.9 Å². The highest BCUT2D eigenvalue weighted by Gasteiger charge is 2.35. The molecule has 1 amide bonds. The molecule has 0 aromatic rings. The van der Waals surface area contributed by atoms with Crippen molar-refractivity contribution in [1.82, 2.24) is 10.2 Å². The van der Waals surface area contributed by atoms with Gasteiger partial charge in [0.2, 0.25) is 5.91 Å². The highest BCUT2D eigenvalue weighted by atomic mass is 32.2. The molecule has 2 aliphatic rings. The summed E-state index contributed by atoms with van der Waals surface area (Å²) in [6, 6.07) is 0.355. The van der Waals surface area contributed by atoms with Gasteiger partial charge in [-0.05, 0) is 31.6 Å². The standard InChI is InChI=1S/C14H26N2O3S/c1-16(9-10-20(2,18)19)14(17)13-8-7-11-5-3-4-6-12(11)15-13/h11-13,15H,3-10H2,1-2H3. The zero-order valence-electron chi connectivity index (χ0n) is 12.5. The van der Waals surface area contributed by atoms with Crippen molar-refractivity contribution in [3.8, 4) is 0 Å². The fourth-order valence-corrected chi connectivity index (χ4v) is 3.97. The molecule has 0 bridgehead atoms. The Morgan fingerprint density at radius 3 is 2.60 bits per heavy atom. The second-order valence-electron chi connectivity index (χ2n) is 6.34. The largest absolute Gasteiger partial charge is 0.343 e. The van der Waals surface area contributed by atoms with Crippen LogP contribution in [0.15, 0.2) is 0 Å². The summed E-state index contributed by atoms with van der Waals surface area (Å²) in [4.78, 5) is 13.9. The molecule has 2 fully saturated rings. The molecule has 0 aromatic heterocycles. The number of rotatable bonds is 4. The van der Waals surface area contributed by atoms with Crippen molar-refractivity contribution in [3.05, 3.63) is 0 Å². The first kappa shape index (κ1) is 15.8. The third kappa shape index (κ3) is 4.19. The summed E-state index contributed by atoms with van der Waals surface area (Å²) in [6.45, 7) is 0.282. The van der Waals surface area contributed by atoms with Crippen LogP contribution in [0.4, 0.5) is 0 Å². The Morgan fingerprint density at radius 2 is 1.90 bits per heavy atom. The fourth-order valence-electron chi connectivity index (χ4n) is 3.37. The Labute approximate surface area is 122 Å². The van der Waals surface area contributed by atoms with Crippen molar-refractivity contribution < 1.29 is 13.2 Å². The van der Waals surface area contributed by atoms with E-state index in [0.717, 1.165) is 18.8 Å². The van der Waals surface area contributed by atoms with E-state index >= 15 is 0 Å². The minimum Gasteiger partial charge on any atom is -0.343 e. The number of sulfone groups is 1. The number of amides is 1. The molecule has 20 heavy (non-hydrogen) atoms. The molecule has 1 N–H and O–H groups in total. The third-order valence-electron chi connectivity index (χ3n) is 4.62. The van der Waals surface area contributed by atoms with Crippen LogP contribution in [0.2, 0.25) is 0 Å². The summed E-state index contributed by atoms with van der Waals surface area (Å²) in [7, 11) is -1.32. The third-order valence-corrected chi connectivity index (χ3v) is 5.55. The first-order valence-corrected chi connectivity index (χ1v) is 9.61. The highest BCUT2D eigenvalue weighted by molar-refractivity contribution is 7.90. The Hall–Kier alpha value is -0.620. The minimum atomic E-state index is -3.02. The van der Waals surface area contributed by atoms with E-state index in [4.69, 9.17) is 0 Å². The van der Waals surface area contributed by atoms with Gasteiger partial charge in [-0.15, -0.1) is 0 Å². The van der Waals surface area contributed by atoms with Gasteiger partial charge in [0.05, 0.1) is 11.8 Å². The van der Waals surface area contributed by atoms with Gasteiger partial charge < -0.3 is 10.2 Å². The molecule has 2 rings (SSSR count). The van der Waals surface area contributed by atoms with E-state index in [9.17, 15) is 13.2 Å². The monoisotopic (exact) mass is 302 g/mol. The van der Waals surface area contributed by atoms with Crippen LogP contribution >= 0.6 is 0 Å². The maximum Gasteiger partial charge on any atom is 0.239 e. The van der Waals surface area contributed by atoms with Crippen LogP contribution in [0, 0.1) is 5.92 Å². The van der Waals surface area contributed by atoms with Gasteiger partial charge in [0.25, 0.3) is 0 Å². The van der Waals surface area contributed by atoms with Crippen LogP contribution in [0.1, 0.15) is 38.5 Å². The summed E-state index contributed by atoms with van der Waals surface area (Å²) >= 11 is 0. The summed E-state index contributed by atoms with van der Waals surface area (Å²) < 4.78 is 22.3. The SMILES string of the molecule is CN(CCS(C)(=O)=O)C(=O)C1CCC2CCCCC2N1. The zero-order chi connectivity index (χ0) is 14.8. The van der Waals surface area contributed by atoms with E-state index in [2.05, 4.69) is 5.32 Å². The molecule has 1 saturated carbocycles. The number of carbonyl (C=O) groups excluding carboxylic acids is 1. The number of likely N-dealkylation sites (N-methyl/N-ethyl adjacent to an activating group) is 1. The Morgan fingerprint density at radius 1 is 1.20 bits per heavy atom. The molecule has 116 valence electrons. The molecule has 6 heteroatoms. The molecule has 1 aliphatic carbocycles. The van der Waals surface area contributed by atoms with Crippen molar-refractivity contribution in [2.24, 2.45) is 5.92 Å². The van der Waals surface area contributed by atoms with Gasteiger partial charge >= 0.3 is 0 Å². The van der Waals surface area contributed by atoms with Gasteiger partial charge in [0.1, 0.15) is 9.84 Å². The van der Waals surface area contributed by atoms with Crippen molar-refractivity contribution in [3.63, 3.8) is 0 Å². The topological polar surface area (TPSA) is 66.5 Å². The summed E-state index contributed by atoms with van der Waals surface area (Å²) in [5.74, 6) is 0.806. The maximum absolute atomic E-state index is 12.4. The van der Waals surface area contributed by atoms with Crippen molar-refractivity contribution in [2.75, 3.05) is 25.6 Å². The number of fused-ring (bicyclic) bond motifs is 1. The molecule has 1 aliphatic heterocycles. The molecule has 3 unspecified atom stereocenters. The predicted molar refractivity (Wildman–Crippen MR) is 79.3 cm³/mol. The number of hydrogen-bond donors (Lipinski definition) is 1. The maximum atomic E-state index is 12.4. The Kier molecular flexibility index (Phi) is 5.07. The first-order chi connectivity index (χ1) is 9.37. The lowest BCUT2D eigenvalue weighted by molar-refractivity contribution is -0.133. The quantitative estimate of drug-likeness (QED) is 0.834. The number of piperidine rings is 1. The number of carbonyl (C=O) groups is 1. The Bertz CT molecular complexity index is 449. The molecule has 1 heterocycles. The van der Waals surface area contributed by atoms with Gasteiger partial charge in [-0.1, -0.05) is 12.8 Å². The van der Waals surface area contributed by atoms with Crippen molar-refractivity contribution >= 4 is 15.7 Å². The smallest absolute Gasteiger partial charge is 0.239 e. The summed E-state index contributed by atoms with van der Waals surface area (Å²) in [5, 5.41) is 3.49. The summed E-state index contributed by atoms with van der Waals surface area (Å²) in [6.07, 6.45) is 8.21. The van der Waals surface area contributed by atoms with Gasteiger partial charge in [0, 0.05) is 25.9 Å². The molecule has 5 nitrogen and oxygen atoms in total. The van der Waals surface area contributed by atoms with Crippen LogP contribution in [0.5, 0.6) is 0 Å². The number of nitrogens with one attached hydrogen (secondary N) is 1. The highest BCUT2D eigenvalue weighted by Crippen LogP contribution is 2.32. The molecule has 0 spiro atoms. The molecule has 0 radical (unpaired) electrons. The van der Waals surface area contributed by atoms with E-state index in [0.29, 0.717) is 6.04 Å². The summed E-state index contributed by atoms with van der Waals surface area (Å²) in [5.41, 5.74) is 0. The second-order valence-corrected chi connectivity index (χ2v) is 8.60. The van der Waals surface area contributed by atoms with Crippen molar-refractivity contribution in [2.45, 2.75) is 50.6 Å². The fraction of sp³-hybridized carbons (Fsp3) is 0.929. The molecular weight excluding hydrogens is 276 g/mol. The average Bonchev–Trinajstić information content (AvgIpc) is 2.42. The van der Waals surface area contributed by atoms with E-state index < -0.39 is 9.84 Å². The van der Waals surface area contributed by atoms with Gasteiger partial charge in [-0.2, -0.15) is 0 Å². The lowest BCUT2D eigenvalue weighted by Gasteiger charge is -2.40. The van der Waals surface area contributed by atoms with Crippen LogP contribution in [-0.2, 0) is 14.6 Å². The number of hydrogen-bond acceptors (Lipinski definition) is 4. The van der Waals surface area contributed by atoms with E-state index in [1.807, 2.05) is 0 Å². The van der Waals surface area contributed by atoms with E-state index in [1.165, 1.54) is 31.9 Å². The zero-order valence-corrected chi connectivity index (χ0v) is 13.3. The first-order valence-electron chi connectivity index (χ1n) is 7.55. The average molecular weight is 302 g/mol. The van der Waals surface area contributed by atoms with Gasteiger partial charge in [-0.25, -0.2) is 8.42 Å². The van der Waals surface area contributed by atoms with Crippen LogP contribution < -0.4 is 5.32 Å². The van der Waals surface area contributed by atoms with Crippen LogP contribution in [0.25, 0.3) is 0 Å². The van der Waals surface area contributed by atoms with Crippen LogP contribution in [0.3, 0.4) is 0 Å². The lowest BCUT2D eigenvalue weighted by Crippen LogP contribution is -2.55. The predicted octanol–water partition coefficient (Wildman–Crippen LogP) is 0.800. The normalized spacial score (nSPS) is 30.6. The molecule has 1 saturated heterocycles. The second kappa shape index (κ2) is 6.43. The Balaban J connectivity index is 1.86. The lowest BCUT2D eigenvalue weighted by atomic mass is 9.77. The number of nitrogens with zero attached hydrogens (tertiary/aromatic N) is 1. The van der Waals surface area contributed by atoms with E-state index in [-0.39, 0.29) is 24.2 Å². The minimum absolute atomic E-state index is 0.0357. The molecular formula is C14H26N2O3S. The van der Waals surface area contributed by atoms with Crippen LogP contribution in [-0.4, -0.2) is 56.9 Å².